The minimum absolute atomic E-state index is 0.145. The Morgan fingerprint density at radius 3 is 2.23 bits per heavy atom. The third-order valence-corrected chi connectivity index (χ3v) is 7.97. The molecule has 3 heterocycles. The van der Waals surface area contributed by atoms with Crippen molar-refractivity contribution in [3.63, 3.8) is 0 Å². The lowest BCUT2D eigenvalue weighted by Gasteiger charge is -2.32. The summed E-state index contributed by atoms with van der Waals surface area (Å²) in [5.74, 6) is 0.463. The van der Waals surface area contributed by atoms with Crippen LogP contribution in [0, 0.1) is 5.82 Å². The molecule has 0 amide bonds. The first-order valence-corrected chi connectivity index (χ1v) is 12.6. The molecule has 35 heavy (non-hydrogen) atoms. The highest BCUT2D eigenvalue weighted by Gasteiger charge is 2.50. The van der Waals surface area contributed by atoms with E-state index in [-0.39, 0.29) is 24.1 Å². The standard InChI is InChI=1S/C27H38BFN4O2/c1-19(11-14-28-34-25(2,3)26(4,5)35-28)33-15-12-20(13-16-33)24-31-17-22(18-32-24)27(6,30)21-7-9-23(29)10-8-21/h7-10,12,17-19H,11,13-16,30H2,1-6H3. The predicted molar refractivity (Wildman–Crippen MR) is 138 cm³/mol. The van der Waals surface area contributed by atoms with Crippen molar-refractivity contribution in [1.82, 2.24) is 14.9 Å². The van der Waals surface area contributed by atoms with Crippen LogP contribution in [0.25, 0.3) is 5.57 Å². The number of rotatable bonds is 7. The third kappa shape index (κ3) is 5.51. The molecule has 2 aromatic rings. The van der Waals surface area contributed by atoms with E-state index in [4.69, 9.17) is 15.0 Å². The predicted octanol–water partition coefficient (Wildman–Crippen LogP) is 4.80. The fraction of sp³-hybridized carbons (Fsp3) is 0.556. The zero-order valence-corrected chi connectivity index (χ0v) is 21.8. The van der Waals surface area contributed by atoms with Crippen molar-refractivity contribution in [1.29, 1.82) is 0 Å². The van der Waals surface area contributed by atoms with Crippen molar-refractivity contribution in [2.45, 2.75) is 83.5 Å². The molecular weight excluding hydrogens is 442 g/mol. The van der Waals surface area contributed by atoms with Crippen LogP contribution in [0.4, 0.5) is 4.39 Å². The zero-order valence-electron chi connectivity index (χ0n) is 21.8. The van der Waals surface area contributed by atoms with Crippen molar-refractivity contribution in [3.8, 4) is 0 Å². The van der Waals surface area contributed by atoms with Crippen LogP contribution in [0.2, 0.25) is 6.32 Å². The molecule has 2 N–H and O–H groups in total. The van der Waals surface area contributed by atoms with Gasteiger partial charge in [0, 0.05) is 37.1 Å². The smallest absolute Gasteiger partial charge is 0.403 e. The second kappa shape index (κ2) is 9.73. The van der Waals surface area contributed by atoms with Gasteiger partial charge in [0.2, 0.25) is 0 Å². The Kier molecular flexibility index (Phi) is 7.22. The molecule has 1 saturated heterocycles. The molecule has 0 bridgehead atoms. The molecule has 2 aliphatic rings. The van der Waals surface area contributed by atoms with Crippen LogP contribution >= 0.6 is 0 Å². The van der Waals surface area contributed by atoms with E-state index < -0.39 is 5.54 Å². The van der Waals surface area contributed by atoms with E-state index in [9.17, 15) is 4.39 Å². The van der Waals surface area contributed by atoms with Crippen molar-refractivity contribution >= 4 is 12.7 Å². The molecular formula is C27H38BFN4O2. The van der Waals surface area contributed by atoms with E-state index in [1.165, 1.54) is 12.1 Å². The van der Waals surface area contributed by atoms with Crippen LogP contribution in [0.1, 0.15) is 71.3 Å². The Labute approximate surface area is 209 Å². The summed E-state index contributed by atoms with van der Waals surface area (Å²) in [5.41, 5.74) is 7.97. The molecule has 2 aliphatic heterocycles. The maximum absolute atomic E-state index is 13.3. The summed E-state index contributed by atoms with van der Waals surface area (Å²) in [6.45, 7) is 14.4. The highest BCUT2D eigenvalue weighted by atomic mass is 19.1. The van der Waals surface area contributed by atoms with E-state index in [0.29, 0.717) is 6.04 Å². The molecule has 1 aromatic carbocycles. The van der Waals surface area contributed by atoms with Gasteiger partial charge in [-0.1, -0.05) is 18.2 Å². The minimum Gasteiger partial charge on any atom is -0.403 e. The maximum atomic E-state index is 13.3. The molecule has 2 atom stereocenters. The number of hydrogen-bond donors (Lipinski definition) is 1. The number of nitrogens with zero attached hydrogens (tertiary/aromatic N) is 3. The second-order valence-electron chi connectivity index (χ2n) is 11.1. The van der Waals surface area contributed by atoms with Gasteiger partial charge in [0.15, 0.2) is 5.82 Å². The van der Waals surface area contributed by atoms with Gasteiger partial charge in [-0.25, -0.2) is 14.4 Å². The van der Waals surface area contributed by atoms with Gasteiger partial charge in [-0.05, 0) is 84.0 Å². The molecule has 4 rings (SSSR count). The third-order valence-electron chi connectivity index (χ3n) is 7.97. The van der Waals surface area contributed by atoms with Crippen LogP contribution in [0.3, 0.4) is 0 Å². The van der Waals surface area contributed by atoms with Gasteiger partial charge in [-0.15, -0.1) is 0 Å². The first-order valence-electron chi connectivity index (χ1n) is 12.6. The van der Waals surface area contributed by atoms with Crippen molar-refractivity contribution in [3.05, 3.63) is 65.5 Å². The number of nitrogens with two attached hydrogens (primary N) is 1. The summed E-state index contributed by atoms with van der Waals surface area (Å²) in [7, 11) is -0.145. The van der Waals surface area contributed by atoms with Gasteiger partial charge >= 0.3 is 7.12 Å². The Balaban J connectivity index is 1.33. The average Bonchev–Trinajstić information content (AvgIpc) is 3.04. The van der Waals surface area contributed by atoms with Gasteiger partial charge in [0.05, 0.1) is 16.7 Å². The minimum atomic E-state index is -0.795. The topological polar surface area (TPSA) is 73.5 Å². The largest absolute Gasteiger partial charge is 0.457 e. The number of aromatic nitrogens is 2. The Bertz CT molecular complexity index is 1040. The first kappa shape index (κ1) is 26.0. The number of benzene rings is 1. The van der Waals surface area contributed by atoms with Crippen LogP contribution in [-0.2, 0) is 14.8 Å². The van der Waals surface area contributed by atoms with Crippen LogP contribution in [0.15, 0.2) is 42.7 Å². The zero-order chi connectivity index (χ0) is 25.4. The maximum Gasteiger partial charge on any atom is 0.457 e. The van der Waals surface area contributed by atoms with E-state index in [2.05, 4.69) is 55.6 Å². The second-order valence-corrected chi connectivity index (χ2v) is 11.1. The van der Waals surface area contributed by atoms with Gasteiger partial charge in [-0.3, -0.25) is 4.90 Å². The van der Waals surface area contributed by atoms with E-state index in [1.807, 2.05) is 6.92 Å². The van der Waals surface area contributed by atoms with Crippen LogP contribution in [0.5, 0.6) is 0 Å². The summed E-state index contributed by atoms with van der Waals surface area (Å²) in [6, 6.07) is 6.68. The first-order chi connectivity index (χ1) is 16.4. The number of hydrogen-bond acceptors (Lipinski definition) is 6. The van der Waals surface area contributed by atoms with E-state index >= 15 is 0 Å². The van der Waals surface area contributed by atoms with Gasteiger partial charge < -0.3 is 15.0 Å². The quantitative estimate of drug-likeness (QED) is 0.574. The highest BCUT2D eigenvalue weighted by molar-refractivity contribution is 6.45. The van der Waals surface area contributed by atoms with Gasteiger partial charge in [0.1, 0.15) is 5.82 Å². The summed E-state index contributed by atoms with van der Waals surface area (Å²) < 4.78 is 25.6. The Morgan fingerprint density at radius 2 is 1.69 bits per heavy atom. The molecule has 0 radical (unpaired) electrons. The lowest BCUT2D eigenvalue weighted by Crippen LogP contribution is -2.41. The van der Waals surface area contributed by atoms with Crippen LogP contribution in [-0.4, -0.2) is 52.3 Å². The van der Waals surface area contributed by atoms with Crippen molar-refractivity contribution < 1.29 is 13.7 Å². The van der Waals surface area contributed by atoms with Gasteiger partial charge in [0.25, 0.3) is 0 Å². The summed E-state index contributed by atoms with van der Waals surface area (Å²) in [4.78, 5) is 11.7. The molecule has 188 valence electrons. The fourth-order valence-corrected chi connectivity index (χ4v) is 4.66. The number of halogens is 1. The lowest BCUT2D eigenvalue weighted by atomic mass is 9.81. The summed E-state index contributed by atoms with van der Waals surface area (Å²) in [6.07, 6.45) is 8.60. The van der Waals surface area contributed by atoms with E-state index in [0.717, 1.165) is 54.8 Å². The Hall–Kier alpha value is -2.13. The van der Waals surface area contributed by atoms with Gasteiger partial charge in [-0.2, -0.15) is 0 Å². The molecule has 2 unspecified atom stereocenters. The molecule has 1 aromatic heterocycles. The molecule has 8 heteroatoms. The highest BCUT2D eigenvalue weighted by Crippen LogP contribution is 2.38. The van der Waals surface area contributed by atoms with Crippen LogP contribution < -0.4 is 5.73 Å². The van der Waals surface area contributed by atoms with E-state index in [1.54, 1.807) is 24.5 Å². The fourth-order valence-electron chi connectivity index (χ4n) is 4.66. The summed E-state index contributed by atoms with van der Waals surface area (Å²) >= 11 is 0. The average molecular weight is 480 g/mol. The molecule has 0 spiro atoms. The molecule has 1 fully saturated rings. The lowest BCUT2D eigenvalue weighted by molar-refractivity contribution is 0.00578. The normalized spacial score (nSPS) is 22.5. The SMILES string of the molecule is CC(CCB1OC(C)(C)C(C)(C)O1)N1CC=C(c2ncc(C(C)(N)c3ccc(F)cc3)cn2)CC1. The molecule has 0 aliphatic carbocycles. The molecule has 0 saturated carbocycles. The monoisotopic (exact) mass is 480 g/mol. The summed E-state index contributed by atoms with van der Waals surface area (Å²) in [5, 5.41) is 0. The molecule has 6 nitrogen and oxygen atoms in total. The Morgan fingerprint density at radius 1 is 1.09 bits per heavy atom. The van der Waals surface area contributed by atoms with Crippen molar-refractivity contribution in [2.75, 3.05) is 13.1 Å². The van der Waals surface area contributed by atoms with Crippen molar-refractivity contribution in [2.24, 2.45) is 5.73 Å².